The van der Waals surface area contributed by atoms with Crippen LogP contribution in [0.25, 0.3) is 0 Å². The second-order valence-corrected chi connectivity index (χ2v) is 8.71. The third-order valence-corrected chi connectivity index (χ3v) is 6.00. The van der Waals surface area contributed by atoms with Gasteiger partial charge in [-0.05, 0) is 75.5 Å². The predicted octanol–water partition coefficient (Wildman–Crippen LogP) is 4.45. The van der Waals surface area contributed by atoms with Crippen LogP contribution in [0.5, 0.6) is 0 Å². The Labute approximate surface area is 133 Å². The van der Waals surface area contributed by atoms with E-state index < -0.39 is 0 Å². The van der Waals surface area contributed by atoms with E-state index in [-0.39, 0.29) is 0 Å². The van der Waals surface area contributed by atoms with Gasteiger partial charge in [0.05, 0.1) is 0 Å². The zero-order chi connectivity index (χ0) is 15.3. The quantitative estimate of drug-likeness (QED) is 0.778. The van der Waals surface area contributed by atoms with Crippen molar-refractivity contribution in [3.05, 3.63) is 0 Å². The molecule has 0 aromatic carbocycles. The zero-order valence-corrected chi connectivity index (χ0v) is 15.0. The monoisotopic (exact) mass is 294 g/mol. The van der Waals surface area contributed by atoms with Crippen molar-refractivity contribution in [1.82, 2.24) is 10.2 Å². The van der Waals surface area contributed by atoms with Crippen molar-refractivity contribution < 1.29 is 0 Å². The molecule has 0 aromatic heterocycles. The summed E-state index contributed by atoms with van der Waals surface area (Å²) < 4.78 is 0. The zero-order valence-electron chi connectivity index (χ0n) is 15.0. The maximum absolute atomic E-state index is 3.77. The van der Waals surface area contributed by atoms with Gasteiger partial charge in [-0.2, -0.15) is 0 Å². The van der Waals surface area contributed by atoms with E-state index in [1.165, 1.54) is 71.0 Å². The van der Waals surface area contributed by atoms with Gasteiger partial charge in [-0.25, -0.2) is 0 Å². The number of nitrogens with one attached hydrogen (secondary N) is 1. The molecule has 1 saturated heterocycles. The fraction of sp³-hybridized carbons (Fsp3) is 1.00. The Hall–Kier alpha value is -0.0800. The summed E-state index contributed by atoms with van der Waals surface area (Å²) in [5.41, 5.74) is 1.14. The van der Waals surface area contributed by atoms with Crippen LogP contribution in [0.2, 0.25) is 0 Å². The van der Waals surface area contributed by atoms with Crippen molar-refractivity contribution in [2.45, 2.75) is 85.1 Å². The number of likely N-dealkylation sites (tertiary alicyclic amines) is 1. The van der Waals surface area contributed by atoms with Crippen LogP contribution in [-0.4, -0.2) is 37.1 Å². The normalized spacial score (nSPS) is 24.6. The molecule has 2 rings (SSSR count). The minimum Gasteiger partial charge on any atom is -0.313 e. The molecule has 1 atom stereocenters. The Bertz CT molecular complexity index is 289. The van der Waals surface area contributed by atoms with Crippen LogP contribution in [0.15, 0.2) is 0 Å². The molecule has 1 heterocycles. The predicted molar refractivity (Wildman–Crippen MR) is 92.7 cm³/mol. The topological polar surface area (TPSA) is 15.3 Å². The minimum absolute atomic E-state index is 0.373. The maximum atomic E-state index is 3.77. The molecule has 0 aromatic rings. The Morgan fingerprint density at radius 3 is 2.19 bits per heavy atom. The molecule has 2 fully saturated rings. The summed E-state index contributed by atoms with van der Waals surface area (Å²) in [5, 5.41) is 3.77. The van der Waals surface area contributed by atoms with Crippen LogP contribution in [0.4, 0.5) is 0 Å². The summed E-state index contributed by atoms with van der Waals surface area (Å²) in [6.45, 7) is 14.5. The molecule has 0 bridgehead atoms. The molecule has 2 aliphatic rings. The fourth-order valence-electron chi connectivity index (χ4n) is 4.35. The summed E-state index contributed by atoms with van der Waals surface area (Å²) in [7, 11) is 0. The molecule has 1 saturated carbocycles. The van der Waals surface area contributed by atoms with Crippen molar-refractivity contribution in [3.63, 3.8) is 0 Å². The van der Waals surface area contributed by atoms with E-state index in [1.54, 1.807) is 0 Å². The summed E-state index contributed by atoms with van der Waals surface area (Å²) in [5.74, 6) is 0. The van der Waals surface area contributed by atoms with Gasteiger partial charge in [-0.15, -0.1) is 0 Å². The highest BCUT2D eigenvalue weighted by molar-refractivity contribution is 4.90. The smallest absolute Gasteiger partial charge is 0.0128 e. The molecule has 2 heteroatoms. The molecular formula is C19H38N2. The Kier molecular flexibility index (Phi) is 6.14. The van der Waals surface area contributed by atoms with E-state index in [2.05, 4.69) is 37.9 Å². The number of hydrogen-bond donors (Lipinski definition) is 1. The minimum atomic E-state index is 0.373. The molecular weight excluding hydrogens is 256 g/mol. The lowest BCUT2D eigenvalue weighted by Crippen LogP contribution is -2.45. The van der Waals surface area contributed by atoms with Crippen LogP contribution >= 0.6 is 0 Å². The second-order valence-electron chi connectivity index (χ2n) is 8.71. The average molecular weight is 295 g/mol. The van der Waals surface area contributed by atoms with Gasteiger partial charge < -0.3 is 10.2 Å². The lowest BCUT2D eigenvalue weighted by molar-refractivity contribution is 0.0994. The summed E-state index contributed by atoms with van der Waals surface area (Å²) in [6.07, 6.45) is 11.5. The standard InChI is InChI=1S/C19H38N2/c1-5-13-20-17(18(2,3)4)8-14-21-15-11-19(12-16-21)9-6-7-10-19/h17,20H,5-16H2,1-4H3. The van der Waals surface area contributed by atoms with E-state index in [1.807, 2.05) is 0 Å². The third kappa shape index (κ3) is 4.96. The molecule has 0 amide bonds. The summed E-state index contributed by atoms with van der Waals surface area (Å²) in [6, 6.07) is 0.653. The first-order valence-electron chi connectivity index (χ1n) is 9.41. The van der Waals surface area contributed by atoms with E-state index >= 15 is 0 Å². The Morgan fingerprint density at radius 1 is 1.05 bits per heavy atom. The van der Waals surface area contributed by atoms with E-state index in [0.717, 1.165) is 12.0 Å². The SMILES string of the molecule is CCCNC(CCN1CCC2(CCCC2)CC1)C(C)(C)C. The van der Waals surface area contributed by atoms with E-state index in [0.29, 0.717) is 11.5 Å². The molecule has 1 aliphatic heterocycles. The van der Waals surface area contributed by atoms with Gasteiger partial charge in [0, 0.05) is 6.04 Å². The average Bonchev–Trinajstić information content (AvgIpc) is 2.88. The summed E-state index contributed by atoms with van der Waals surface area (Å²) >= 11 is 0. The van der Waals surface area contributed by atoms with Gasteiger partial charge in [-0.1, -0.05) is 40.5 Å². The second kappa shape index (κ2) is 7.46. The number of rotatable bonds is 6. The molecule has 1 aliphatic carbocycles. The highest BCUT2D eigenvalue weighted by Gasteiger charge is 2.37. The van der Waals surface area contributed by atoms with Crippen molar-refractivity contribution in [3.8, 4) is 0 Å². The highest BCUT2D eigenvalue weighted by atomic mass is 15.1. The van der Waals surface area contributed by atoms with Gasteiger partial charge in [0.15, 0.2) is 0 Å². The van der Waals surface area contributed by atoms with Crippen LogP contribution < -0.4 is 5.32 Å². The molecule has 124 valence electrons. The Morgan fingerprint density at radius 2 is 1.67 bits per heavy atom. The number of nitrogens with zero attached hydrogens (tertiary/aromatic N) is 1. The maximum Gasteiger partial charge on any atom is 0.0128 e. The lowest BCUT2D eigenvalue weighted by Gasteiger charge is -2.40. The first kappa shape index (κ1) is 17.3. The van der Waals surface area contributed by atoms with Crippen molar-refractivity contribution >= 4 is 0 Å². The molecule has 1 unspecified atom stereocenters. The first-order valence-corrected chi connectivity index (χ1v) is 9.41. The van der Waals surface area contributed by atoms with Crippen LogP contribution in [0.3, 0.4) is 0 Å². The van der Waals surface area contributed by atoms with Gasteiger partial charge >= 0.3 is 0 Å². The molecule has 2 nitrogen and oxygen atoms in total. The largest absolute Gasteiger partial charge is 0.313 e. The van der Waals surface area contributed by atoms with Crippen molar-refractivity contribution in [2.24, 2.45) is 10.8 Å². The van der Waals surface area contributed by atoms with Crippen molar-refractivity contribution in [1.29, 1.82) is 0 Å². The van der Waals surface area contributed by atoms with Crippen LogP contribution in [-0.2, 0) is 0 Å². The molecule has 1 spiro atoms. The molecule has 1 N–H and O–H groups in total. The number of piperidine rings is 1. The molecule has 21 heavy (non-hydrogen) atoms. The fourth-order valence-corrected chi connectivity index (χ4v) is 4.35. The van der Waals surface area contributed by atoms with E-state index in [9.17, 15) is 0 Å². The van der Waals surface area contributed by atoms with Gasteiger partial charge in [-0.3, -0.25) is 0 Å². The van der Waals surface area contributed by atoms with Gasteiger partial charge in [0.1, 0.15) is 0 Å². The van der Waals surface area contributed by atoms with Gasteiger partial charge in [0.25, 0.3) is 0 Å². The number of hydrogen-bond acceptors (Lipinski definition) is 2. The van der Waals surface area contributed by atoms with E-state index in [4.69, 9.17) is 0 Å². The van der Waals surface area contributed by atoms with Crippen LogP contribution in [0.1, 0.15) is 79.1 Å². The Balaban J connectivity index is 1.74. The third-order valence-electron chi connectivity index (χ3n) is 6.00. The summed E-state index contributed by atoms with van der Waals surface area (Å²) in [4.78, 5) is 2.73. The lowest BCUT2D eigenvalue weighted by atomic mass is 9.77. The first-order chi connectivity index (χ1) is 9.95. The molecule has 0 radical (unpaired) electrons. The van der Waals surface area contributed by atoms with Gasteiger partial charge in [0.2, 0.25) is 0 Å². The van der Waals surface area contributed by atoms with Crippen molar-refractivity contribution in [2.75, 3.05) is 26.2 Å². The highest BCUT2D eigenvalue weighted by Crippen LogP contribution is 2.46. The van der Waals surface area contributed by atoms with Crippen LogP contribution in [0, 0.1) is 10.8 Å².